The molecule has 0 bridgehead atoms. The average Bonchev–Trinajstić information content (AvgIpc) is 2.83. The Hall–Kier alpha value is -1.96. The van der Waals surface area contributed by atoms with Gasteiger partial charge in [0.05, 0.1) is 16.7 Å². The highest BCUT2D eigenvalue weighted by Gasteiger charge is 2.10. The van der Waals surface area contributed by atoms with E-state index < -0.39 is 0 Å². The maximum atomic E-state index is 8.79. The molecule has 3 aromatic rings. The van der Waals surface area contributed by atoms with E-state index in [1.807, 2.05) is 30.3 Å². The number of nitrogens with zero attached hydrogens (tertiary/aromatic N) is 2. The molecular formula is C14H7ClN2OS. The number of hydrogen-bond acceptors (Lipinski definition) is 4. The molecule has 1 heterocycles. The second kappa shape index (κ2) is 4.96. The number of para-hydroxylation sites is 2. The first kappa shape index (κ1) is 12.1. The Morgan fingerprint density at radius 1 is 1.21 bits per heavy atom. The minimum atomic E-state index is 0.520. The third-order valence-electron chi connectivity index (χ3n) is 2.53. The Morgan fingerprint density at radius 2 is 2.05 bits per heavy atom. The van der Waals surface area contributed by atoms with Crippen LogP contribution in [-0.4, -0.2) is 4.98 Å². The maximum Gasteiger partial charge on any atom is 0.261 e. The Balaban J connectivity index is 1.94. The van der Waals surface area contributed by atoms with E-state index in [0.717, 1.165) is 16.0 Å². The molecule has 0 radical (unpaired) electrons. The van der Waals surface area contributed by atoms with Gasteiger partial charge in [-0.2, -0.15) is 5.26 Å². The van der Waals surface area contributed by atoms with Crippen molar-refractivity contribution in [3.05, 3.63) is 53.1 Å². The molecule has 0 spiro atoms. The van der Waals surface area contributed by atoms with Crippen LogP contribution in [0.3, 0.4) is 0 Å². The summed E-state index contributed by atoms with van der Waals surface area (Å²) < 4.78 is 5.61. The number of halogens is 1. The summed E-state index contributed by atoms with van der Waals surface area (Å²) >= 11 is 7.46. The zero-order valence-electron chi connectivity index (χ0n) is 9.63. The number of fused-ring (bicyclic) bond motifs is 1. The topological polar surface area (TPSA) is 49.8 Å². The lowest BCUT2D eigenvalue weighted by atomic mass is 10.2. The van der Waals surface area contributed by atoms with Crippen molar-refractivity contribution in [1.29, 1.82) is 5.26 Å². The minimum Gasteiger partial charge on any atom is -0.431 e. The number of hydrogen-bond donors (Lipinski definition) is 0. The fourth-order valence-electron chi connectivity index (χ4n) is 1.64. The SMILES string of the molecule is N#Cc1ccc(Sc2nc3ccccc3o2)c(Cl)c1. The van der Waals surface area contributed by atoms with Crippen molar-refractivity contribution in [1.82, 2.24) is 4.98 Å². The van der Waals surface area contributed by atoms with Gasteiger partial charge in [-0.1, -0.05) is 23.7 Å². The van der Waals surface area contributed by atoms with E-state index in [0.29, 0.717) is 15.8 Å². The fraction of sp³-hybridized carbons (Fsp3) is 0. The summed E-state index contributed by atoms with van der Waals surface area (Å²) in [6, 6.07) is 14.8. The van der Waals surface area contributed by atoms with Crippen molar-refractivity contribution in [2.75, 3.05) is 0 Å². The van der Waals surface area contributed by atoms with Gasteiger partial charge < -0.3 is 4.42 Å². The van der Waals surface area contributed by atoms with Crippen LogP contribution in [0.1, 0.15) is 5.56 Å². The maximum absolute atomic E-state index is 8.79. The van der Waals surface area contributed by atoms with Crippen LogP contribution in [0.25, 0.3) is 11.1 Å². The van der Waals surface area contributed by atoms with Gasteiger partial charge >= 0.3 is 0 Å². The third kappa shape index (κ3) is 2.43. The molecule has 92 valence electrons. The second-order valence-electron chi connectivity index (χ2n) is 3.81. The number of oxazole rings is 1. The van der Waals surface area contributed by atoms with E-state index in [-0.39, 0.29) is 0 Å². The molecule has 0 aliphatic carbocycles. The molecule has 19 heavy (non-hydrogen) atoms. The molecule has 2 aromatic carbocycles. The Kier molecular flexibility index (Phi) is 3.16. The zero-order valence-corrected chi connectivity index (χ0v) is 11.2. The van der Waals surface area contributed by atoms with E-state index >= 15 is 0 Å². The minimum absolute atomic E-state index is 0.520. The monoisotopic (exact) mass is 286 g/mol. The van der Waals surface area contributed by atoms with Crippen molar-refractivity contribution in [3.63, 3.8) is 0 Å². The molecule has 0 aliphatic rings. The Labute approximate surface area is 118 Å². The van der Waals surface area contributed by atoms with Crippen LogP contribution in [0.5, 0.6) is 0 Å². The van der Waals surface area contributed by atoms with Crippen LogP contribution >= 0.6 is 23.4 Å². The third-order valence-corrected chi connectivity index (χ3v) is 3.88. The standard InChI is InChI=1S/C14H7ClN2OS/c15-10-7-9(8-16)5-6-13(10)19-14-17-11-3-1-2-4-12(11)18-14/h1-7H. The van der Waals surface area contributed by atoms with E-state index in [1.165, 1.54) is 11.8 Å². The second-order valence-corrected chi connectivity index (χ2v) is 5.21. The van der Waals surface area contributed by atoms with Crippen LogP contribution in [0.2, 0.25) is 5.02 Å². The molecule has 0 saturated heterocycles. The normalized spacial score (nSPS) is 10.5. The fourth-order valence-corrected chi connectivity index (χ4v) is 2.69. The number of nitriles is 1. The molecule has 0 aliphatic heterocycles. The summed E-state index contributed by atoms with van der Waals surface area (Å²) in [6.45, 7) is 0. The molecule has 0 unspecified atom stereocenters. The van der Waals surface area contributed by atoms with Crippen LogP contribution in [0.4, 0.5) is 0 Å². The number of benzene rings is 2. The van der Waals surface area contributed by atoms with Crippen molar-refractivity contribution in [2.45, 2.75) is 10.1 Å². The Morgan fingerprint density at radius 3 is 2.79 bits per heavy atom. The quantitative estimate of drug-likeness (QED) is 0.696. The summed E-state index contributed by atoms with van der Waals surface area (Å²) in [6.07, 6.45) is 0. The van der Waals surface area contributed by atoms with Crippen LogP contribution in [-0.2, 0) is 0 Å². The first-order valence-corrected chi connectivity index (χ1v) is 6.69. The van der Waals surface area contributed by atoms with Gasteiger partial charge in [-0.25, -0.2) is 4.98 Å². The average molecular weight is 287 g/mol. The molecule has 5 heteroatoms. The predicted molar refractivity (Wildman–Crippen MR) is 74.3 cm³/mol. The van der Waals surface area contributed by atoms with Gasteiger partial charge in [0, 0.05) is 4.90 Å². The molecule has 1 aromatic heterocycles. The smallest absolute Gasteiger partial charge is 0.261 e. The van der Waals surface area contributed by atoms with Gasteiger partial charge in [0.2, 0.25) is 0 Å². The van der Waals surface area contributed by atoms with Crippen LogP contribution < -0.4 is 0 Å². The lowest BCUT2D eigenvalue weighted by Crippen LogP contribution is -1.79. The molecule has 0 amide bonds. The highest BCUT2D eigenvalue weighted by Crippen LogP contribution is 2.34. The molecule has 0 N–H and O–H groups in total. The lowest BCUT2D eigenvalue weighted by Gasteiger charge is -2.00. The molecule has 0 saturated carbocycles. The zero-order chi connectivity index (χ0) is 13.2. The van der Waals surface area contributed by atoms with Gasteiger partial charge in [0.1, 0.15) is 5.52 Å². The largest absolute Gasteiger partial charge is 0.431 e. The van der Waals surface area contributed by atoms with Gasteiger partial charge in [-0.05, 0) is 42.1 Å². The first-order chi connectivity index (χ1) is 9.26. The summed E-state index contributed by atoms with van der Waals surface area (Å²) in [5.74, 6) is 0. The van der Waals surface area contributed by atoms with Crippen molar-refractivity contribution in [3.8, 4) is 6.07 Å². The Bertz CT molecular complexity index is 758. The van der Waals surface area contributed by atoms with Crippen molar-refractivity contribution in [2.24, 2.45) is 0 Å². The number of aromatic nitrogens is 1. The molecular weight excluding hydrogens is 280 g/mol. The van der Waals surface area contributed by atoms with E-state index in [2.05, 4.69) is 4.98 Å². The van der Waals surface area contributed by atoms with E-state index in [1.54, 1.807) is 18.2 Å². The molecule has 3 rings (SSSR count). The van der Waals surface area contributed by atoms with Gasteiger partial charge in [-0.15, -0.1) is 0 Å². The van der Waals surface area contributed by atoms with Gasteiger partial charge in [0.15, 0.2) is 5.58 Å². The summed E-state index contributed by atoms with van der Waals surface area (Å²) in [5.41, 5.74) is 2.09. The van der Waals surface area contributed by atoms with Crippen LogP contribution in [0.15, 0.2) is 57.0 Å². The molecule has 0 fully saturated rings. The van der Waals surface area contributed by atoms with Crippen molar-refractivity contribution < 1.29 is 4.42 Å². The first-order valence-electron chi connectivity index (χ1n) is 5.49. The van der Waals surface area contributed by atoms with Crippen LogP contribution in [0, 0.1) is 11.3 Å². The summed E-state index contributed by atoms with van der Waals surface area (Å²) in [5, 5.41) is 9.85. The summed E-state index contributed by atoms with van der Waals surface area (Å²) in [7, 11) is 0. The van der Waals surface area contributed by atoms with Gasteiger partial charge in [-0.3, -0.25) is 0 Å². The van der Waals surface area contributed by atoms with E-state index in [4.69, 9.17) is 21.3 Å². The molecule has 0 atom stereocenters. The van der Waals surface area contributed by atoms with E-state index in [9.17, 15) is 0 Å². The van der Waals surface area contributed by atoms with Crippen molar-refractivity contribution >= 4 is 34.5 Å². The lowest BCUT2D eigenvalue weighted by molar-refractivity contribution is 0.489. The predicted octanol–water partition coefficient (Wildman–Crippen LogP) is 4.50. The molecule has 3 nitrogen and oxygen atoms in total. The highest BCUT2D eigenvalue weighted by molar-refractivity contribution is 7.99. The van der Waals surface area contributed by atoms with Gasteiger partial charge in [0.25, 0.3) is 5.22 Å². The highest BCUT2D eigenvalue weighted by atomic mass is 35.5. The number of rotatable bonds is 2. The summed E-state index contributed by atoms with van der Waals surface area (Å²) in [4.78, 5) is 5.18.